The summed E-state index contributed by atoms with van der Waals surface area (Å²) in [4.78, 5) is 0. The smallest absolute Gasteiger partial charge is 0.248 e. The molecule has 1 aromatic rings. The second kappa shape index (κ2) is 4.41. The first-order valence-corrected chi connectivity index (χ1v) is 6.12. The minimum atomic E-state index is -3.69. The number of nitriles is 1. The number of aromatic hydroxyl groups is 1. The Hall–Kier alpha value is -1.74. The van der Waals surface area contributed by atoms with Gasteiger partial charge >= 0.3 is 0 Å². The summed E-state index contributed by atoms with van der Waals surface area (Å²) in [6.45, 7) is 2.96. The van der Waals surface area contributed by atoms with Gasteiger partial charge in [-0.25, -0.2) is 8.42 Å². The molecule has 0 saturated carbocycles. The number of nitrogens with zero attached hydrogens (tertiary/aromatic N) is 1. The van der Waals surface area contributed by atoms with Gasteiger partial charge in [-0.1, -0.05) is 0 Å². The van der Waals surface area contributed by atoms with Crippen molar-refractivity contribution >= 4 is 15.7 Å². The zero-order valence-electron chi connectivity index (χ0n) is 8.93. The molecule has 1 atom stereocenters. The van der Waals surface area contributed by atoms with Gasteiger partial charge in [0.2, 0.25) is 10.0 Å². The second-order valence-electron chi connectivity index (χ2n) is 3.42. The Morgan fingerprint density at radius 2 is 2.12 bits per heavy atom. The van der Waals surface area contributed by atoms with E-state index in [9.17, 15) is 8.42 Å². The predicted molar refractivity (Wildman–Crippen MR) is 60.5 cm³/mol. The Bertz CT molecular complexity index is 531. The Labute approximate surface area is 94.4 Å². The molecule has 0 spiro atoms. The van der Waals surface area contributed by atoms with Gasteiger partial charge in [-0.2, -0.15) is 5.26 Å². The summed E-state index contributed by atoms with van der Waals surface area (Å²) in [6.07, 6.45) is 0. The molecule has 0 aliphatic heterocycles. The van der Waals surface area contributed by atoms with E-state index in [1.807, 2.05) is 0 Å². The highest BCUT2D eigenvalue weighted by Crippen LogP contribution is 2.21. The topological polar surface area (TPSA) is 90.2 Å². The number of rotatable bonds is 3. The summed E-state index contributed by atoms with van der Waals surface area (Å²) in [5.41, 5.74) is 0.952. The summed E-state index contributed by atoms with van der Waals surface area (Å²) in [5, 5.41) is 16.6. The number of hydrogen-bond acceptors (Lipinski definition) is 4. The monoisotopic (exact) mass is 240 g/mol. The first-order chi connectivity index (χ1) is 7.36. The van der Waals surface area contributed by atoms with E-state index in [1.165, 1.54) is 25.1 Å². The zero-order valence-corrected chi connectivity index (χ0v) is 9.75. The molecule has 1 aromatic carbocycles. The average Bonchev–Trinajstić information content (AvgIpc) is 2.21. The van der Waals surface area contributed by atoms with Crippen molar-refractivity contribution in [2.45, 2.75) is 19.1 Å². The van der Waals surface area contributed by atoms with Crippen LogP contribution >= 0.6 is 0 Å². The molecular weight excluding hydrogens is 228 g/mol. The van der Waals surface area contributed by atoms with Crippen LogP contribution < -0.4 is 4.72 Å². The normalized spacial score (nSPS) is 12.8. The van der Waals surface area contributed by atoms with Gasteiger partial charge in [-0.05, 0) is 37.6 Å². The molecule has 0 aliphatic rings. The van der Waals surface area contributed by atoms with E-state index in [0.29, 0.717) is 11.3 Å². The van der Waals surface area contributed by atoms with Crippen molar-refractivity contribution in [3.05, 3.63) is 23.8 Å². The maximum absolute atomic E-state index is 11.6. The lowest BCUT2D eigenvalue weighted by Gasteiger charge is -2.11. The lowest BCUT2D eigenvalue weighted by atomic mass is 10.2. The highest BCUT2D eigenvalue weighted by molar-refractivity contribution is 7.93. The molecule has 16 heavy (non-hydrogen) atoms. The van der Waals surface area contributed by atoms with E-state index in [0.717, 1.165) is 0 Å². The molecule has 0 radical (unpaired) electrons. The molecule has 0 aliphatic carbocycles. The maximum atomic E-state index is 11.6. The molecule has 86 valence electrons. The third-order valence-corrected chi connectivity index (χ3v) is 3.65. The van der Waals surface area contributed by atoms with Gasteiger partial charge in [0.15, 0.2) is 5.25 Å². The summed E-state index contributed by atoms with van der Waals surface area (Å²) in [6, 6.07) is 5.92. The van der Waals surface area contributed by atoms with Crippen LogP contribution in [0.4, 0.5) is 5.69 Å². The van der Waals surface area contributed by atoms with Crippen molar-refractivity contribution in [3.63, 3.8) is 0 Å². The molecule has 1 unspecified atom stereocenters. The Morgan fingerprint density at radius 1 is 1.50 bits per heavy atom. The largest absolute Gasteiger partial charge is 0.508 e. The van der Waals surface area contributed by atoms with Gasteiger partial charge in [0.1, 0.15) is 5.75 Å². The van der Waals surface area contributed by atoms with Crippen molar-refractivity contribution < 1.29 is 13.5 Å². The van der Waals surface area contributed by atoms with E-state index in [4.69, 9.17) is 10.4 Å². The molecule has 0 aromatic heterocycles. The highest BCUT2D eigenvalue weighted by Gasteiger charge is 2.20. The standard InChI is InChI=1S/C10H12N2O3S/c1-7-5-9(13)3-4-10(7)12-16(14,15)8(2)6-11/h3-5,8,12-13H,1-2H3. The number of anilines is 1. The summed E-state index contributed by atoms with van der Waals surface area (Å²) in [7, 11) is -3.69. The van der Waals surface area contributed by atoms with E-state index in [1.54, 1.807) is 13.0 Å². The van der Waals surface area contributed by atoms with Crippen LogP contribution in [0.3, 0.4) is 0 Å². The molecule has 0 amide bonds. The summed E-state index contributed by atoms with van der Waals surface area (Å²) in [5.74, 6) is 0.0637. The SMILES string of the molecule is Cc1cc(O)ccc1NS(=O)(=O)C(C)C#N. The van der Waals surface area contributed by atoms with Crippen LogP contribution in [0, 0.1) is 18.3 Å². The number of aryl methyl sites for hydroxylation is 1. The number of sulfonamides is 1. The van der Waals surface area contributed by atoms with E-state index in [-0.39, 0.29) is 5.75 Å². The van der Waals surface area contributed by atoms with Crippen LogP contribution in [0.15, 0.2) is 18.2 Å². The summed E-state index contributed by atoms with van der Waals surface area (Å²) >= 11 is 0. The number of benzene rings is 1. The van der Waals surface area contributed by atoms with Crippen LogP contribution in [-0.4, -0.2) is 18.8 Å². The first kappa shape index (κ1) is 12.3. The summed E-state index contributed by atoms with van der Waals surface area (Å²) < 4.78 is 25.4. The van der Waals surface area contributed by atoms with Gasteiger partial charge in [0, 0.05) is 0 Å². The lowest BCUT2D eigenvalue weighted by Crippen LogP contribution is -2.24. The fourth-order valence-corrected chi connectivity index (χ4v) is 1.92. The van der Waals surface area contributed by atoms with Crippen LogP contribution in [0.25, 0.3) is 0 Å². The van der Waals surface area contributed by atoms with Crippen LogP contribution in [0.1, 0.15) is 12.5 Å². The van der Waals surface area contributed by atoms with Gasteiger partial charge in [0.05, 0.1) is 11.8 Å². The molecule has 0 bridgehead atoms. The molecule has 0 heterocycles. The maximum Gasteiger partial charge on any atom is 0.248 e. The Morgan fingerprint density at radius 3 is 2.62 bits per heavy atom. The van der Waals surface area contributed by atoms with Crippen LogP contribution in [-0.2, 0) is 10.0 Å². The molecule has 0 fully saturated rings. The van der Waals surface area contributed by atoms with E-state index in [2.05, 4.69) is 4.72 Å². The van der Waals surface area contributed by atoms with E-state index < -0.39 is 15.3 Å². The minimum absolute atomic E-state index is 0.0637. The van der Waals surface area contributed by atoms with Crippen molar-refractivity contribution in [2.24, 2.45) is 0 Å². The fraction of sp³-hybridized carbons (Fsp3) is 0.300. The predicted octanol–water partition coefficient (Wildman–Crippen LogP) is 1.35. The number of phenolic OH excluding ortho intramolecular Hbond substituents is 1. The second-order valence-corrected chi connectivity index (χ2v) is 5.42. The molecule has 2 N–H and O–H groups in total. The van der Waals surface area contributed by atoms with Crippen molar-refractivity contribution in [3.8, 4) is 11.8 Å². The third kappa shape index (κ3) is 2.64. The quantitative estimate of drug-likeness (QED) is 0.780. The van der Waals surface area contributed by atoms with E-state index >= 15 is 0 Å². The van der Waals surface area contributed by atoms with Crippen molar-refractivity contribution in [2.75, 3.05) is 4.72 Å². The molecule has 1 rings (SSSR count). The molecule has 5 nitrogen and oxygen atoms in total. The minimum Gasteiger partial charge on any atom is -0.508 e. The third-order valence-electron chi connectivity index (χ3n) is 2.11. The number of phenols is 1. The lowest BCUT2D eigenvalue weighted by molar-refractivity contribution is 0.475. The fourth-order valence-electron chi connectivity index (χ4n) is 1.07. The Balaban J connectivity index is 3.03. The molecule has 6 heteroatoms. The van der Waals surface area contributed by atoms with Crippen LogP contribution in [0.2, 0.25) is 0 Å². The number of hydrogen-bond donors (Lipinski definition) is 2. The van der Waals surface area contributed by atoms with Crippen molar-refractivity contribution in [1.82, 2.24) is 0 Å². The van der Waals surface area contributed by atoms with Gasteiger partial charge < -0.3 is 5.11 Å². The number of nitrogens with one attached hydrogen (secondary N) is 1. The molecular formula is C10H12N2O3S. The van der Waals surface area contributed by atoms with Gasteiger partial charge in [-0.15, -0.1) is 0 Å². The van der Waals surface area contributed by atoms with Crippen LogP contribution in [0.5, 0.6) is 5.75 Å². The molecule has 0 saturated heterocycles. The van der Waals surface area contributed by atoms with Crippen molar-refractivity contribution in [1.29, 1.82) is 5.26 Å². The first-order valence-electron chi connectivity index (χ1n) is 4.57. The highest BCUT2D eigenvalue weighted by atomic mass is 32.2. The van der Waals surface area contributed by atoms with Gasteiger partial charge in [0.25, 0.3) is 0 Å². The average molecular weight is 240 g/mol. The Kier molecular flexibility index (Phi) is 3.40. The zero-order chi connectivity index (χ0) is 12.3. The van der Waals surface area contributed by atoms with Gasteiger partial charge in [-0.3, -0.25) is 4.72 Å².